The van der Waals surface area contributed by atoms with Crippen molar-refractivity contribution >= 4 is 0 Å². The molecule has 84 valence electrons. The molecule has 1 unspecified atom stereocenters. The third-order valence-corrected chi connectivity index (χ3v) is 2.22. The van der Waals surface area contributed by atoms with E-state index in [-0.39, 0.29) is 11.5 Å². The first kappa shape index (κ1) is 12.1. The van der Waals surface area contributed by atoms with Crippen molar-refractivity contribution in [2.75, 3.05) is 7.11 Å². The van der Waals surface area contributed by atoms with Crippen LogP contribution in [0.2, 0.25) is 0 Å². The molecule has 0 saturated heterocycles. The minimum atomic E-state index is -0.0932. The first-order valence-electron chi connectivity index (χ1n) is 5.02. The van der Waals surface area contributed by atoms with E-state index in [1.807, 2.05) is 0 Å². The maximum Gasteiger partial charge on any atom is 0.157 e. The van der Waals surface area contributed by atoms with E-state index in [0.29, 0.717) is 12.4 Å². The van der Waals surface area contributed by atoms with Crippen LogP contribution in [0.4, 0.5) is 0 Å². The molecule has 0 radical (unpaired) electrons. The summed E-state index contributed by atoms with van der Waals surface area (Å²) < 4.78 is 5.42. The van der Waals surface area contributed by atoms with Crippen molar-refractivity contribution in [2.24, 2.45) is 11.1 Å². The highest BCUT2D eigenvalue weighted by Gasteiger charge is 2.28. The third-order valence-electron chi connectivity index (χ3n) is 2.22. The second kappa shape index (κ2) is 4.68. The van der Waals surface area contributed by atoms with Crippen LogP contribution in [0.5, 0.6) is 0 Å². The highest BCUT2D eigenvalue weighted by atomic mass is 16.5. The molecule has 4 heteroatoms. The smallest absolute Gasteiger partial charge is 0.157 e. The molecule has 15 heavy (non-hydrogen) atoms. The molecular formula is C11H19N3O. The van der Waals surface area contributed by atoms with Crippen LogP contribution in [0.3, 0.4) is 0 Å². The average molecular weight is 209 g/mol. The summed E-state index contributed by atoms with van der Waals surface area (Å²) in [5.41, 5.74) is 6.40. The molecule has 0 aliphatic rings. The number of hydrogen-bond donors (Lipinski definition) is 1. The molecule has 1 heterocycles. The SMILES string of the molecule is COC(c1ncc(CN)cn1)C(C)(C)C. The molecule has 2 N–H and O–H groups in total. The van der Waals surface area contributed by atoms with Gasteiger partial charge in [0.15, 0.2) is 5.82 Å². The molecule has 1 atom stereocenters. The number of methoxy groups -OCH3 is 1. The summed E-state index contributed by atoms with van der Waals surface area (Å²) in [5.74, 6) is 0.710. The summed E-state index contributed by atoms with van der Waals surface area (Å²) in [7, 11) is 1.68. The number of aromatic nitrogens is 2. The van der Waals surface area contributed by atoms with E-state index >= 15 is 0 Å². The Morgan fingerprint density at radius 3 is 2.20 bits per heavy atom. The van der Waals surface area contributed by atoms with Crippen molar-refractivity contribution in [1.82, 2.24) is 9.97 Å². The molecule has 0 aliphatic heterocycles. The Morgan fingerprint density at radius 1 is 1.33 bits per heavy atom. The van der Waals surface area contributed by atoms with Gasteiger partial charge in [0.2, 0.25) is 0 Å². The van der Waals surface area contributed by atoms with E-state index in [0.717, 1.165) is 5.56 Å². The normalized spacial score (nSPS) is 13.9. The predicted molar refractivity (Wildman–Crippen MR) is 59.1 cm³/mol. The highest BCUT2D eigenvalue weighted by molar-refractivity contribution is 5.07. The predicted octanol–water partition coefficient (Wildman–Crippen LogP) is 1.67. The van der Waals surface area contributed by atoms with E-state index in [9.17, 15) is 0 Å². The van der Waals surface area contributed by atoms with Crippen molar-refractivity contribution in [1.29, 1.82) is 0 Å². The monoisotopic (exact) mass is 209 g/mol. The van der Waals surface area contributed by atoms with Gasteiger partial charge in [-0.15, -0.1) is 0 Å². The molecule has 0 spiro atoms. The van der Waals surface area contributed by atoms with Gasteiger partial charge in [-0.1, -0.05) is 20.8 Å². The van der Waals surface area contributed by atoms with Crippen molar-refractivity contribution in [3.05, 3.63) is 23.8 Å². The van der Waals surface area contributed by atoms with Gasteiger partial charge in [0.1, 0.15) is 6.10 Å². The first-order valence-corrected chi connectivity index (χ1v) is 5.02. The zero-order valence-electron chi connectivity index (χ0n) is 9.82. The summed E-state index contributed by atoms with van der Waals surface area (Å²) in [6, 6.07) is 0. The quantitative estimate of drug-likeness (QED) is 0.822. The number of nitrogens with two attached hydrogens (primary N) is 1. The van der Waals surface area contributed by atoms with Crippen LogP contribution in [0.25, 0.3) is 0 Å². The number of rotatable bonds is 3. The van der Waals surface area contributed by atoms with Gasteiger partial charge in [-0.2, -0.15) is 0 Å². The fourth-order valence-electron chi connectivity index (χ4n) is 1.45. The average Bonchev–Trinajstić information content (AvgIpc) is 2.18. The molecule has 0 bridgehead atoms. The topological polar surface area (TPSA) is 61.0 Å². The minimum Gasteiger partial charge on any atom is -0.373 e. The molecule has 0 aliphatic carbocycles. The largest absolute Gasteiger partial charge is 0.373 e. The highest BCUT2D eigenvalue weighted by Crippen LogP contribution is 2.33. The second-order valence-corrected chi connectivity index (χ2v) is 4.64. The van der Waals surface area contributed by atoms with E-state index < -0.39 is 0 Å². The number of ether oxygens (including phenoxy) is 1. The van der Waals surface area contributed by atoms with Crippen molar-refractivity contribution < 1.29 is 4.74 Å². The fraction of sp³-hybridized carbons (Fsp3) is 0.636. The summed E-state index contributed by atoms with van der Waals surface area (Å²) in [4.78, 5) is 8.54. The van der Waals surface area contributed by atoms with Crippen LogP contribution in [-0.2, 0) is 11.3 Å². The molecule has 0 saturated carbocycles. The van der Waals surface area contributed by atoms with Crippen LogP contribution in [-0.4, -0.2) is 17.1 Å². The lowest BCUT2D eigenvalue weighted by Gasteiger charge is -2.27. The Kier molecular flexibility index (Phi) is 3.77. The number of hydrogen-bond acceptors (Lipinski definition) is 4. The lowest BCUT2D eigenvalue weighted by Crippen LogP contribution is -2.22. The van der Waals surface area contributed by atoms with Crippen LogP contribution in [0.1, 0.15) is 38.3 Å². The maximum atomic E-state index is 5.48. The Labute approximate surface area is 90.9 Å². The first-order chi connectivity index (χ1) is 6.99. The minimum absolute atomic E-state index is 0.0149. The molecule has 1 aromatic rings. The van der Waals surface area contributed by atoms with Gasteiger partial charge in [0, 0.05) is 31.6 Å². The van der Waals surface area contributed by atoms with Gasteiger partial charge in [-0.3, -0.25) is 0 Å². The zero-order chi connectivity index (χ0) is 11.5. The van der Waals surface area contributed by atoms with E-state index in [2.05, 4.69) is 30.7 Å². The van der Waals surface area contributed by atoms with Crippen LogP contribution in [0.15, 0.2) is 12.4 Å². The molecule has 4 nitrogen and oxygen atoms in total. The van der Waals surface area contributed by atoms with Crippen molar-refractivity contribution in [3.8, 4) is 0 Å². The summed E-state index contributed by atoms with van der Waals surface area (Å²) >= 11 is 0. The molecule has 1 aromatic heterocycles. The third kappa shape index (κ3) is 2.97. The Balaban J connectivity index is 2.93. The van der Waals surface area contributed by atoms with Gasteiger partial charge in [-0.25, -0.2) is 9.97 Å². The standard InChI is InChI=1S/C11H19N3O/c1-11(2,3)9(15-4)10-13-6-8(5-12)7-14-10/h6-7,9H,5,12H2,1-4H3. The Bertz CT molecular complexity index is 303. The molecular weight excluding hydrogens is 190 g/mol. The second-order valence-electron chi connectivity index (χ2n) is 4.64. The molecule has 0 aromatic carbocycles. The Hall–Kier alpha value is -1.00. The van der Waals surface area contributed by atoms with E-state index in [1.54, 1.807) is 19.5 Å². The maximum absolute atomic E-state index is 5.48. The zero-order valence-corrected chi connectivity index (χ0v) is 9.82. The van der Waals surface area contributed by atoms with E-state index in [4.69, 9.17) is 10.5 Å². The fourth-order valence-corrected chi connectivity index (χ4v) is 1.45. The van der Waals surface area contributed by atoms with Crippen LogP contribution < -0.4 is 5.73 Å². The van der Waals surface area contributed by atoms with Crippen molar-refractivity contribution in [3.63, 3.8) is 0 Å². The summed E-state index contributed by atoms with van der Waals surface area (Å²) in [6.45, 7) is 6.76. The molecule has 0 fully saturated rings. The van der Waals surface area contributed by atoms with E-state index in [1.165, 1.54) is 0 Å². The van der Waals surface area contributed by atoms with Gasteiger partial charge < -0.3 is 10.5 Å². The van der Waals surface area contributed by atoms with Crippen molar-refractivity contribution in [2.45, 2.75) is 33.4 Å². The lowest BCUT2D eigenvalue weighted by atomic mass is 9.88. The van der Waals surface area contributed by atoms with Gasteiger partial charge in [0.25, 0.3) is 0 Å². The van der Waals surface area contributed by atoms with Crippen LogP contribution >= 0.6 is 0 Å². The summed E-state index contributed by atoms with van der Waals surface area (Å²) in [5, 5.41) is 0. The van der Waals surface area contributed by atoms with Gasteiger partial charge in [0.05, 0.1) is 0 Å². The molecule has 1 rings (SSSR count). The Morgan fingerprint density at radius 2 is 1.87 bits per heavy atom. The van der Waals surface area contributed by atoms with Gasteiger partial charge in [-0.05, 0) is 5.41 Å². The summed E-state index contributed by atoms with van der Waals surface area (Å²) in [6.07, 6.45) is 3.41. The lowest BCUT2D eigenvalue weighted by molar-refractivity contribution is 0.00861. The van der Waals surface area contributed by atoms with Crippen LogP contribution in [0, 0.1) is 5.41 Å². The molecule has 0 amide bonds. The number of nitrogens with zero attached hydrogens (tertiary/aromatic N) is 2. The van der Waals surface area contributed by atoms with Gasteiger partial charge >= 0.3 is 0 Å².